The molecule has 1 aromatic carbocycles. The third-order valence-corrected chi connectivity index (χ3v) is 4.14. The fourth-order valence-corrected chi connectivity index (χ4v) is 2.75. The zero-order valence-electron chi connectivity index (χ0n) is 11.0. The van der Waals surface area contributed by atoms with Gasteiger partial charge >= 0.3 is 0 Å². The number of carbonyl (C=O) groups is 1. The van der Waals surface area contributed by atoms with E-state index in [1.807, 2.05) is 6.92 Å². The largest absolute Gasteiger partial charge is 0.409 e. The summed E-state index contributed by atoms with van der Waals surface area (Å²) in [7, 11) is 0. The number of nitrogens with zero attached hydrogens (tertiary/aromatic N) is 3. The summed E-state index contributed by atoms with van der Waals surface area (Å²) in [6, 6.07) is 4.95. The molecular formula is C12H12BrN5O2S. The number of anilines is 1. The second-order valence-electron chi connectivity index (χ2n) is 4.04. The fourth-order valence-electron chi connectivity index (χ4n) is 1.63. The number of carbonyl (C=O) groups excluding carboxylic acids is 1. The third-order valence-electron chi connectivity index (χ3n) is 2.72. The summed E-state index contributed by atoms with van der Waals surface area (Å²) in [5.74, 6) is -0.271. The van der Waals surface area contributed by atoms with E-state index in [0.29, 0.717) is 32.7 Å². The molecule has 0 aliphatic heterocycles. The number of aryl methyl sites for hydroxylation is 1. The van der Waals surface area contributed by atoms with Crippen LogP contribution in [0.4, 0.5) is 5.69 Å². The topological polar surface area (TPSA) is 113 Å². The van der Waals surface area contributed by atoms with Crippen LogP contribution in [0.1, 0.15) is 27.9 Å². The van der Waals surface area contributed by atoms with Gasteiger partial charge in [0.1, 0.15) is 4.88 Å². The van der Waals surface area contributed by atoms with Crippen molar-refractivity contribution in [1.29, 1.82) is 0 Å². The van der Waals surface area contributed by atoms with Crippen molar-refractivity contribution >= 4 is 44.9 Å². The first-order valence-corrected chi connectivity index (χ1v) is 7.53. The van der Waals surface area contributed by atoms with E-state index in [2.05, 4.69) is 36.0 Å². The Balaban J connectivity index is 2.22. The third kappa shape index (κ3) is 3.37. The van der Waals surface area contributed by atoms with Gasteiger partial charge in [0, 0.05) is 10.0 Å². The van der Waals surface area contributed by atoms with Crippen LogP contribution in [0, 0.1) is 0 Å². The number of benzene rings is 1. The van der Waals surface area contributed by atoms with Crippen LogP contribution in [0.15, 0.2) is 27.8 Å². The number of nitrogens with two attached hydrogens (primary N) is 1. The lowest BCUT2D eigenvalue weighted by Gasteiger charge is -2.08. The molecule has 0 saturated heterocycles. The molecule has 9 heteroatoms. The minimum atomic E-state index is -0.265. The smallest absolute Gasteiger partial charge is 0.269 e. The zero-order chi connectivity index (χ0) is 15.4. The lowest BCUT2D eigenvalue weighted by Crippen LogP contribution is -2.15. The van der Waals surface area contributed by atoms with E-state index in [0.717, 1.165) is 11.5 Å². The van der Waals surface area contributed by atoms with Crippen LogP contribution in [0.25, 0.3) is 0 Å². The lowest BCUT2D eigenvalue weighted by atomic mass is 10.2. The maximum absolute atomic E-state index is 12.2. The molecule has 0 radical (unpaired) electrons. The van der Waals surface area contributed by atoms with Gasteiger partial charge in [-0.15, -0.1) is 5.10 Å². The van der Waals surface area contributed by atoms with Gasteiger partial charge < -0.3 is 16.3 Å². The van der Waals surface area contributed by atoms with E-state index >= 15 is 0 Å². The van der Waals surface area contributed by atoms with Gasteiger partial charge in [0.2, 0.25) is 0 Å². The summed E-state index contributed by atoms with van der Waals surface area (Å²) < 4.78 is 4.41. The van der Waals surface area contributed by atoms with Crippen molar-refractivity contribution in [1.82, 2.24) is 9.59 Å². The number of hydrogen-bond acceptors (Lipinski definition) is 6. The van der Waals surface area contributed by atoms with Crippen LogP contribution in [-0.4, -0.2) is 26.5 Å². The van der Waals surface area contributed by atoms with Crippen LogP contribution in [0.5, 0.6) is 0 Å². The summed E-state index contributed by atoms with van der Waals surface area (Å²) >= 11 is 4.40. The second kappa shape index (κ2) is 6.64. The molecule has 7 nitrogen and oxygen atoms in total. The number of halogens is 1. The van der Waals surface area contributed by atoms with Crippen LogP contribution < -0.4 is 11.1 Å². The Bertz CT molecular complexity index is 701. The highest BCUT2D eigenvalue weighted by molar-refractivity contribution is 9.10. The van der Waals surface area contributed by atoms with Crippen molar-refractivity contribution < 1.29 is 10.0 Å². The zero-order valence-corrected chi connectivity index (χ0v) is 13.4. The Hall–Kier alpha value is -2.00. The molecule has 0 fully saturated rings. The number of nitrogens with one attached hydrogen (secondary N) is 1. The molecule has 0 aliphatic rings. The van der Waals surface area contributed by atoms with Gasteiger partial charge in [0.15, 0.2) is 5.84 Å². The van der Waals surface area contributed by atoms with Crippen molar-refractivity contribution in [3.8, 4) is 0 Å². The summed E-state index contributed by atoms with van der Waals surface area (Å²) in [6.45, 7) is 1.91. The highest BCUT2D eigenvalue weighted by Gasteiger charge is 2.16. The molecule has 0 saturated carbocycles. The van der Waals surface area contributed by atoms with Crippen molar-refractivity contribution in [2.24, 2.45) is 10.9 Å². The van der Waals surface area contributed by atoms with E-state index in [1.54, 1.807) is 18.2 Å². The van der Waals surface area contributed by atoms with E-state index < -0.39 is 0 Å². The van der Waals surface area contributed by atoms with E-state index in [4.69, 9.17) is 10.9 Å². The number of rotatable bonds is 4. The molecule has 4 N–H and O–H groups in total. The van der Waals surface area contributed by atoms with Gasteiger partial charge in [0.05, 0.1) is 11.4 Å². The quantitative estimate of drug-likeness (QED) is 0.331. The second-order valence-corrected chi connectivity index (χ2v) is 5.64. The number of aromatic nitrogens is 2. The number of amides is 1. The molecular weight excluding hydrogens is 358 g/mol. The molecule has 1 amide bonds. The summed E-state index contributed by atoms with van der Waals surface area (Å²) in [5, 5.41) is 18.2. The Morgan fingerprint density at radius 2 is 2.33 bits per heavy atom. The molecule has 0 spiro atoms. The normalized spacial score (nSPS) is 11.4. The Labute approximate surface area is 133 Å². The Morgan fingerprint density at radius 3 is 2.95 bits per heavy atom. The Morgan fingerprint density at radius 1 is 1.57 bits per heavy atom. The molecule has 0 aliphatic carbocycles. The number of amidine groups is 1. The van der Waals surface area contributed by atoms with Gasteiger partial charge in [-0.2, -0.15) is 0 Å². The van der Waals surface area contributed by atoms with Gasteiger partial charge in [-0.1, -0.05) is 16.6 Å². The first-order valence-electron chi connectivity index (χ1n) is 5.96. The average Bonchev–Trinajstić information content (AvgIpc) is 2.97. The van der Waals surface area contributed by atoms with Crippen molar-refractivity contribution in [2.75, 3.05) is 5.32 Å². The minimum absolute atomic E-state index is 0.00602. The van der Waals surface area contributed by atoms with Gasteiger partial charge in [-0.05, 0) is 52.1 Å². The molecule has 0 atom stereocenters. The van der Waals surface area contributed by atoms with Gasteiger partial charge in [-0.3, -0.25) is 4.79 Å². The maximum Gasteiger partial charge on any atom is 0.269 e. The molecule has 2 rings (SSSR count). The first kappa shape index (κ1) is 15.4. The standard InChI is InChI=1S/C12H12BrN5O2S/c1-2-8-10(21-18-16-8)12(19)15-9-4-3-6(5-7(9)13)11(14)17-20/h3-5,20H,2H2,1H3,(H2,14,17)(H,15,19). The van der Waals surface area contributed by atoms with Crippen molar-refractivity contribution in [3.05, 3.63) is 38.8 Å². The van der Waals surface area contributed by atoms with Crippen LogP contribution in [-0.2, 0) is 6.42 Å². The fraction of sp³-hybridized carbons (Fsp3) is 0.167. The van der Waals surface area contributed by atoms with Crippen LogP contribution in [0.2, 0.25) is 0 Å². The molecule has 0 unspecified atom stereocenters. The molecule has 21 heavy (non-hydrogen) atoms. The predicted octanol–water partition coefficient (Wildman–Crippen LogP) is 2.21. The van der Waals surface area contributed by atoms with Crippen LogP contribution >= 0.6 is 27.5 Å². The Kier molecular flexibility index (Phi) is 4.86. The molecule has 2 aromatic rings. The van der Waals surface area contributed by atoms with Crippen molar-refractivity contribution in [3.63, 3.8) is 0 Å². The first-order chi connectivity index (χ1) is 10.1. The lowest BCUT2D eigenvalue weighted by molar-refractivity contribution is 0.102. The SMILES string of the molecule is CCc1nnsc1C(=O)Nc1ccc(/C(N)=N/O)cc1Br. The summed E-state index contributed by atoms with van der Waals surface area (Å²) in [6.07, 6.45) is 0.642. The number of oxime groups is 1. The molecule has 0 bridgehead atoms. The van der Waals surface area contributed by atoms with E-state index in [-0.39, 0.29) is 11.7 Å². The molecule has 1 heterocycles. The van der Waals surface area contributed by atoms with E-state index in [9.17, 15) is 4.79 Å². The van der Waals surface area contributed by atoms with E-state index in [1.165, 1.54) is 0 Å². The van der Waals surface area contributed by atoms with Crippen molar-refractivity contribution in [2.45, 2.75) is 13.3 Å². The predicted molar refractivity (Wildman–Crippen MR) is 83.9 cm³/mol. The number of hydrogen-bond donors (Lipinski definition) is 3. The van der Waals surface area contributed by atoms with Crippen LogP contribution in [0.3, 0.4) is 0 Å². The summed E-state index contributed by atoms with van der Waals surface area (Å²) in [5.41, 5.74) is 7.29. The summed E-state index contributed by atoms with van der Waals surface area (Å²) in [4.78, 5) is 12.7. The highest BCUT2D eigenvalue weighted by Crippen LogP contribution is 2.25. The monoisotopic (exact) mass is 369 g/mol. The van der Waals surface area contributed by atoms with Gasteiger partial charge in [0.25, 0.3) is 5.91 Å². The average molecular weight is 370 g/mol. The highest BCUT2D eigenvalue weighted by atomic mass is 79.9. The maximum atomic E-state index is 12.2. The molecule has 1 aromatic heterocycles. The molecule has 110 valence electrons. The van der Waals surface area contributed by atoms with Gasteiger partial charge in [-0.25, -0.2) is 0 Å². The minimum Gasteiger partial charge on any atom is -0.409 e.